The van der Waals surface area contributed by atoms with Crippen molar-refractivity contribution in [2.45, 2.75) is 13.0 Å². The summed E-state index contributed by atoms with van der Waals surface area (Å²) in [4.78, 5) is 23.1. The van der Waals surface area contributed by atoms with Crippen molar-refractivity contribution in [3.05, 3.63) is 47.5 Å². The maximum absolute atomic E-state index is 12.3. The maximum atomic E-state index is 12.3. The summed E-state index contributed by atoms with van der Waals surface area (Å²) in [5, 5.41) is 2.86. The molecule has 0 spiro atoms. The molecule has 1 atom stereocenters. The van der Waals surface area contributed by atoms with Gasteiger partial charge in [-0.05, 0) is 43.3 Å². The zero-order valence-corrected chi connectivity index (χ0v) is 15.8. The highest BCUT2D eigenvalue weighted by Crippen LogP contribution is 2.30. The number of benzene rings is 2. The van der Waals surface area contributed by atoms with Crippen molar-refractivity contribution in [1.82, 2.24) is 5.32 Å². The lowest BCUT2D eigenvalue weighted by Crippen LogP contribution is -2.31. The minimum atomic E-state index is -0.314. The second-order valence-corrected chi connectivity index (χ2v) is 5.71. The topological polar surface area (TPSA) is 83.1 Å². The van der Waals surface area contributed by atoms with Crippen LogP contribution in [0.15, 0.2) is 36.4 Å². The van der Waals surface area contributed by atoms with Gasteiger partial charge in [0.05, 0.1) is 27.4 Å². The minimum absolute atomic E-state index is 0.201. The Morgan fingerprint density at radius 2 is 1.70 bits per heavy atom. The fourth-order valence-electron chi connectivity index (χ4n) is 2.56. The molecule has 0 saturated heterocycles. The van der Waals surface area contributed by atoms with E-state index in [9.17, 15) is 9.59 Å². The van der Waals surface area contributed by atoms with Crippen molar-refractivity contribution in [3.8, 4) is 23.0 Å². The highest BCUT2D eigenvalue weighted by Gasteiger charge is 2.16. The molecule has 144 valence electrons. The average Bonchev–Trinajstić information content (AvgIpc) is 2.71. The molecule has 0 aromatic heterocycles. The second kappa shape index (κ2) is 9.47. The summed E-state index contributed by atoms with van der Waals surface area (Å²) in [6.45, 7) is 1.64. The molecule has 7 nitrogen and oxygen atoms in total. The Morgan fingerprint density at radius 1 is 1.00 bits per heavy atom. The van der Waals surface area contributed by atoms with Gasteiger partial charge in [-0.1, -0.05) is 0 Å². The first kappa shape index (κ1) is 20.1. The Hall–Kier alpha value is -3.22. The third-order valence-electron chi connectivity index (χ3n) is 3.96. The van der Waals surface area contributed by atoms with Crippen LogP contribution in [0.4, 0.5) is 0 Å². The maximum Gasteiger partial charge on any atom is 0.258 e. The predicted molar refractivity (Wildman–Crippen MR) is 100.0 cm³/mol. The van der Waals surface area contributed by atoms with Crippen LogP contribution in [0.5, 0.6) is 23.0 Å². The molecule has 0 saturated carbocycles. The standard InChI is InChI=1S/C20H23NO6/c1-13(16-10-15(24-2)6-8-17(16)25-3)21-20(23)12-27-18-7-5-14(11-22)9-19(18)26-4/h5-11,13H,12H2,1-4H3,(H,21,23)/t13-/m0/s1. The number of ether oxygens (including phenoxy) is 4. The van der Waals surface area contributed by atoms with Gasteiger partial charge < -0.3 is 24.3 Å². The Kier molecular flexibility index (Phi) is 7.05. The molecule has 0 heterocycles. The van der Waals surface area contributed by atoms with E-state index in [0.717, 1.165) is 5.56 Å². The van der Waals surface area contributed by atoms with Crippen molar-refractivity contribution < 1.29 is 28.5 Å². The van der Waals surface area contributed by atoms with Crippen LogP contribution >= 0.6 is 0 Å². The number of aldehydes is 1. The minimum Gasteiger partial charge on any atom is -0.497 e. The predicted octanol–water partition coefficient (Wildman–Crippen LogP) is 2.78. The average molecular weight is 373 g/mol. The molecule has 0 bridgehead atoms. The molecule has 0 aliphatic rings. The molecule has 2 aromatic carbocycles. The number of carbonyl (C=O) groups excluding carboxylic acids is 2. The van der Waals surface area contributed by atoms with Crippen molar-refractivity contribution in [1.29, 1.82) is 0 Å². The van der Waals surface area contributed by atoms with Crippen LogP contribution in [0, 0.1) is 0 Å². The zero-order chi connectivity index (χ0) is 19.8. The van der Waals surface area contributed by atoms with Crippen LogP contribution in [-0.2, 0) is 4.79 Å². The van der Waals surface area contributed by atoms with E-state index in [1.54, 1.807) is 44.6 Å². The highest BCUT2D eigenvalue weighted by atomic mass is 16.5. The Bertz CT molecular complexity index is 805. The highest BCUT2D eigenvalue weighted by molar-refractivity contribution is 5.79. The zero-order valence-electron chi connectivity index (χ0n) is 15.8. The molecule has 2 aromatic rings. The van der Waals surface area contributed by atoms with Gasteiger partial charge in [0.2, 0.25) is 0 Å². The van der Waals surface area contributed by atoms with Crippen molar-refractivity contribution in [2.75, 3.05) is 27.9 Å². The Morgan fingerprint density at radius 3 is 2.33 bits per heavy atom. The molecular weight excluding hydrogens is 350 g/mol. The largest absolute Gasteiger partial charge is 0.497 e. The lowest BCUT2D eigenvalue weighted by atomic mass is 10.1. The number of methoxy groups -OCH3 is 3. The van der Waals surface area contributed by atoms with Crippen LogP contribution in [0.1, 0.15) is 28.9 Å². The molecular formula is C20H23NO6. The van der Waals surface area contributed by atoms with Gasteiger partial charge in [0, 0.05) is 11.1 Å². The molecule has 0 aliphatic heterocycles. The van der Waals surface area contributed by atoms with E-state index < -0.39 is 0 Å². The monoisotopic (exact) mass is 373 g/mol. The van der Waals surface area contributed by atoms with Crippen molar-refractivity contribution in [2.24, 2.45) is 0 Å². The summed E-state index contributed by atoms with van der Waals surface area (Å²) in [6, 6.07) is 9.79. The third kappa shape index (κ3) is 5.13. The number of nitrogens with one attached hydrogen (secondary N) is 1. The molecule has 0 radical (unpaired) electrons. The number of amides is 1. The molecule has 0 aliphatic carbocycles. The molecule has 2 rings (SSSR count). The summed E-state index contributed by atoms with van der Waals surface area (Å²) in [5.41, 5.74) is 1.25. The van der Waals surface area contributed by atoms with Gasteiger partial charge >= 0.3 is 0 Å². The lowest BCUT2D eigenvalue weighted by Gasteiger charge is -2.18. The molecule has 27 heavy (non-hydrogen) atoms. The van der Waals surface area contributed by atoms with Crippen LogP contribution < -0.4 is 24.3 Å². The lowest BCUT2D eigenvalue weighted by molar-refractivity contribution is -0.123. The molecule has 1 amide bonds. The summed E-state index contributed by atoms with van der Waals surface area (Å²) in [6.07, 6.45) is 0.711. The van der Waals surface area contributed by atoms with E-state index in [4.69, 9.17) is 18.9 Å². The first-order valence-corrected chi connectivity index (χ1v) is 8.29. The normalized spacial score (nSPS) is 11.3. The van der Waals surface area contributed by atoms with Gasteiger partial charge in [-0.3, -0.25) is 9.59 Å². The van der Waals surface area contributed by atoms with Crippen LogP contribution in [0.3, 0.4) is 0 Å². The summed E-state index contributed by atoms with van der Waals surface area (Å²) >= 11 is 0. The van der Waals surface area contributed by atoms with E-state index in [-0.39, 0.29) is 18.6 Å². The van der Waals surface area contributed by atoms with E-state index >= 15 is 0 Å². The van der Waals surface area contributed by atoms with E-state index in [1.807, 2.05) is 13.0 Å². The van der Waals surface area contributed by atoms with Crippen LogP contribution in [0.25, 0.3) is 0 Å². The second-order valence-electron chi connectivity index (χ2n) is 5.71. The number of hydrogen-bond acceptors (Lipinski definition) is 6. The van der Waals surface area contributed by atoms with Crippen molar-refractivity contribution >= 4 is 12.2 Å². The number of carbonyl (C=O) groups is 2. The van der Waals surface area contributed by atoms with Gasteiger partial charge in [-0.15, -0.1) is 0 Å². The van der Waals surface area contributed by atoms with Gasteiger partial charge in [0.1, 0.15) is 17.8 Å². The van der Waals surface area contributed by atoms with Gasteiger partial charge in [-0.2, -0.15) is 0 Å². The first-order chi connectivity index (χ1) is 13.0. The Balaban J connectivity index is 2.03. The first-order valence-electron chi connectivity index (χ1n) is 8.29. The van der Waals surface area contributed by atoms with Gasteiger partial charge in [0.25, 0.3) is 5.91 Å². The van der Waals surface area contributed by atoms with E-state index in [1.165, 1.54) is 7.11 Å². The number of rotatable bonds is 9. The Labute approximate surface area is 158 Å². The summed E-state index contributed by atoms with van der Waals surface area (Å²) in [5.74, 6) is 1.77. The van der Waals surface area contributed by atoms with Crippen molar-refractivity contribution in [3.63, 3.8) is 0 Å². The summed E-state index contributed by atoms with van der Waals surface area (Å²) in [7, 11) is 4.61. The van der Waals surface area contributed by atoms with Gasteiger partial charge in [-0.25, -0.2) is 0 Å². The SMILES string of the molecule is COc1ccc(OC)c([C@H](C)NC(=O)COc2ccc(C=O)cc2OC)c1. The van der Waals surface area contributed by atoms with E-state index in [2.05, 4.69) is 5.32 Å². The third-order valence-corrected chi connectivity index (χ3v) is 3.96. The van der Waals surface area contributed by atoms with Crippen LogP contribution in [-0.4, -0.2) is 40.1 Å². The van der Waals surface area contributed by atoms with Gasteiger partial charge in [0.15, 0.2) is 18.1 Å². The van der Waals surface area contributed by atoms with E-state index in [0.29, 0.717) is 34.8 Å². The fraction of sp³-hybridized carbons (Fsp3) is 0.300. The summed E-state index contributed by atoms with van der Waals surface area (Å²) < 4.78 is 21.3. The quantitative estimate of drug-likeness (QED) is 0.681. The molecule has 7 heteroatoms. The molecule has 0 fully saturated rings. The smallest absolute Gasteiger partial charge is 0.258 e. The molecule has 0 unspecified atom stereocenters. The molecule has 1 N–H and O–H groups in total. The van der Waals surface area contributed by atoms with Crippen LogP contribution in [0.2, 0.25) is 0 Å². The fourth-order valence-corrected chi connectivity index (χ4v) is 2.56. The number of hydrogen-bond donors (Lipinski definition) is 1.